The van der Waals surface area contributed by atoms with Gasteiger partial charge in [-0.05, 0) is 44.2 Å². The van der Waals surface area contributed by atoms with Crippen molar-refractivity contribution >= 4 is 32.6 Å². The van der Waals surface area contributed by atoms with E-state index in [1.165, 1.54) is 22.3 Å². The number of anilines is 1. The number of carbonyl (C=O) groups is 1. The van der Waals surface area contributed by atoms with Crippen LogP contribution >= 0.6 is 11.3 Å². The number of pyridine rings is 1. The fraction of sp³-hybridized carbons (Fsp3) is 0.200. The second kappa shape index (κ2) is 7.47. The number of nitrogens with zero attached hydrogens (tertiary/aromatic N) is 5. The summed E-state index contributed by atoms with van der Waals surface area (Å²) in [6.45, 7) is 4.77. The highest BCUT2D eigenvalue weighted by Crippen LogP contribution is 2.31. The molecule has 0 radical (unpaired) electrons. The van der Waals surface area contributed by atoms with Gasteiger partial charge in [0, 0.05) is 18.4 Å². The molecule has 6 nitrogen and oxygen atoms in total. The van der Waals surface area contributed by atoms with Crippen LogP contribution in [0.1, 0.15) is 28.8 Å². The van der Waals surface area contributed by atoms with E-state index >= 15 is 0 Å². The molecule has 142 valence electrons. The molecule has 0 aliphatic rings. The highest BCUT2D eigenvalue weighted by atomic mass is 32.1. The third kappa shape index (κ3) is 3.38. The van der Waals surface area contributed by atoms with Gasteiger partial charge < -0.3 is 0 Å². The van der Waals surface area contributed by atoms with Crippen LogP contribution in [0.15, 0.2) is 48.7 Å². The van der Waals surface area contributed by atoms with Crippen molar-refractivity contribution in [1.82, 2.24) is 19.7 Å². The van der Waals surface area contributed by atoms with E-state index < -0.39 is 5.82 Å². The molecule has 0 saturated carbocycles. The molecular weight excluding hydrogens is 377 g/mol. The van der Waals surface area contributed by atoms with Gasteiger partial charge in [-0.2, -0.15) is 5.10 Å². The Hall–Kier alpha value is -3.13. The van der Waals surface area contributed by atoms with E-state index in [0.29, 0.717) is 27.8 Å². The predicted molar refractivity (Wildman–Crippen MR) is 107 cm³/mol. The summed E-state index contributed by atoms with van der Waals surface area (Å²) in [4.78, 5) is 23.5. The molecule has 0 spiro atoms. The first-order valence-electron chi connectivity index (χ1n) is 8.88. The molecule has 28 heavy (non-hydrogen) atoms. The number of benzene rings is 1. The van der Waals surface area contributed by atoms with E-state index in [-0.39, 0.29) is 18.0 Å². The van der Waals surface area contributed by atoms with Crippen molar-refractivity contribution in [3.8, 4) is 0 Å². The van der Waals surface area contributed by atoms with Gasteiger partial charge in [0.2, 0.25) is 0 Å². The maximum absolute atomic E-state index is 14.1. The van der Waals surface area contributed by atoms with E-state index in [1.54, 1.807) is 29.1 Å². The van der Waals surface area contributed by atoms with Gasteiger partial charge in [0.1, 0.15) is 11.3 Å². The molecule has 0 bridgehead atoms. The zero-order valence-electron chi connectivity index (χ0n) is 15.5. The Balaban J connectivity index is 1.78. The van der Waals surface area contributed by atoms with Crippen LogP contribution in [0.2, 0.25) is 0 Å². The van der Waals surface area contributed by atoms with Gasteiger partial charge in [-0.25, -0.2) is 9.37 Å². The Labute approximate surface area is 165 Å². The lowest BCUT2D eigenvalue weighted by Crippen LogP contribution is -2.31. The smallest absolute Gasteiger partial charge is 0.276 e. The normalized spacial score (nSPS) is 11.1. The summed E-state index contributed by atoms with van der Waals surface area (Å²) in [5.41, 5.74) is 2.20. The van der Waals surface area contributed by atoms with Crippen LogP contribution in [0.3, 0.4) is 0 Å². The van der Waals surface area contributed by atoms with Gasteiger partial charge in [0.15, 0.2) is 10.8 Å². The Bertz CT molecular complexity index is 1140. The number of halogens is 1. The molecule has 3 heterocycles. The van der Waals surface area contributed by atoms with Crippen LogP contribution in [0.5, 0.6) is 0 Å². The van der Waals surface area contributed by atoms with Crippen molar-refractivity contribution in [3.05, 3.63) is 71.6 Å². The average molecular weight is 395 g/mol. The van der Waals surface area contributed by atoms with Gasteiger partial charge in [-0.3, -0.25) is 19.4 Å². The summed E-state index contributed by atoms with van der Waals surface area (Å²) in [6.07, 6.45) is 1.67. The number of hydrogen-bond donors (Lipinski definition) is 0. The number of rotatable bonds is 5. The molecular formula is C20H18FN5OS. The number of carbonyl (C=O) groups excluding carboxylic acids is 1. The van der Waals surface area contributed by atoms with E-state index in [1.807, 2.05) is 32.0 Å². The maximum atomic E-state index is 14.1. The van der Waals surface area contributed by atoms with Gasteiger partial charge >= 0.3 is 0 Å². The van der Waals surface area contributed by atoms with Gasteiger partial charge in [0.05, 0.1) is 16.9 Å². The van der Waals surface area contributed by atoms with Gasteiger partial charge in [-0.1, -0.05) is 23.5 Å². The molecule has 4 aromatic rings. The number of amides is 1. The van der Waals surface area contributed by atoms with Crippen LogP contribution in [0.25, 0.3) is 10.2 Å². The monoisotopic (exact) mass is 395 g/mol. The Morgan fingerprint density at radius 1 is 1.25 bits per heavy atom. The maximum Gasteiger partial charge on any atom is 0.280 e. The topological polar surface area (TPSA) is 63.9 Å². The minimum Gasteiger partial charge on any atom is -0.276 e. The lowest BCUT2D eigenvalue weighted by Gasteiger charge is -2.18. The largest absolute Gasteiger partial charge is 0.280 e. The second-order valence-electron chi connectivity index (χ2n) is 6.28. The van der Waals surface area contributed by atoms with Crippen LogP contribution in [-0.2, 0) is 13.1 Å². The highest BCUT2D eigenvalue weighted by molar-refractivity contribution is 7.22. The average Bonchev–Trinajstić information content (AvgIpc) is 3.30. The molecule has 0 saturated heterocycles. The number of hydrogen-bond acceptors (Lipinski definition) is 5. The van der Waals surface area contributed by atoms with Crippen molar-refractivity contribution in [1.29, 1.82) is 0 Å². The fourth-order valence-corrected chi connectivity index (χ4v) is 3.95. The van der Waals surface area contributed by atoms with Gasteiger partial charge in [0.25, 0.3) is 5.91 Å². The van der Waals surface area contributed by atoms with E-state index in [2.05, 4.69) is 15.1 Å². The molecule has 1 aromatic carbocycles. The lowest BCUT2D eigenvalue weighted by atomic mass is 10.3. The summed E-state index contributed by atoms with van der Waals surface area (Å²) in [7, 11) is 0. The molecule has 8 heteroatoms. The molecule has 0 aliphatic heterocycles. The first-order valence-corrected chi connectivity index (χ1v) is 9.69. The van der Waals surface area contributed by atoms with Crippen LogP contribution in [-0.4, -0.2) is 25.7 Å². The SMILES string of the molecule is CCn1nc(C(=O)N(Cc2ccccn2)c2nc3c(F)cccc3s2)cc1C. The minimum atomic E-state index is -0.406. The van der Waals surface area contributed by atoms with Gasteiger partial charge in [-0.15, -0.1) is 0 Å². The lowest BCUT2D eigenvalue weighted by molar-refractivity contribution is 0.0979. The molecule has 0 atom stereocenters. The van der Waals surface area contributed by atoms with Crippen molar-refractivity contribution in [2.45, 2.75) is 26.9 Å². The van der Waals surface area contributed by atoms with Crippen LogP contribution in [0.4, 0.5) is 9.52 Å². The predicted octanol–water partition coefficient (Wildman–Crippen LogP) is 4.20. The summed E-state index contributed by atoms with van der Waals surface area (Å²) in [6, 6.07) is 12.1. The minimum absolute atomic E-state index is 0.221. The number of aromatic nitrogens is 4. The first kappa shape index (κ1) is 18.2. The molecule has 1 amide bonds. The van der Waals surface area contributed by atoms with Crippen molar-refractivity contribution in [2.75, 3.05) is 4.90 Å². The number of thiazole rings is 1. The summed E-state index contributed by atoms with van der Waals surface area (Å²) >= 11 is 1.27. The van der Waals surface area contributed by atoms with Crippen molar-refractivity contribution in [3.63, 3.8) is 0 Å². The number of aryl methyl sites for hydroxylation is 2. The van der Waals surface area contributed by atoms with Crippen LogP contribution < -0.4 is 4.90 Å². The van der Waals surface area contributed by atoms with E-state index in [4.69, 9.17) is 0 Å². The molecule has 0 N–H and O–H groups in total. The second-order valence-corrected chi connectivity index (χ2v) is 7.29. The summed E-state index contributed by atoms with van der Waals surface area (Å²) in [5.74, 6) is -0.697. The zero-order valence-corrected chi connectivity index (χ0v) is 16.3. The first-order chi connectivity index (χ1) is 13.6. The molecule has 0 aliphatic carbocycles. The Morgan fingerprint density at radius 3 is 2.79 bits per heavy atom. The molecule has 3 aromatic heterocycles. The standard InChI is InChI=1S/C20H18FN5OS/c1-3-26-13(2)11-16(24-26)19(27)25(12-14-7-4-5-10-22-14)20-23-18-15(21)8-6-9-17(18)28-20/h4-11H,3,12H2,1-2H3. The third-order valence-corrected chi connectivity index (χ3v) is 5.42. The third-order valence-electron chi connectivity index (χ3n) is 4.38. The molecule has 4 rings (SSSR count). The number of fused-ring (bicyclic) bond motifs is 1. The Morgan fingerprint density at radius 2 is 2.11 bits per heavy atom. The van der Waals surface area contributed by atoms with Crippen LogP contribution in [0, 0.1) is 12.7 Å². The van der Waals surface area contributed by atoms with Crippen molar-refractivity contribution < 1.29 is 9.18 Å². The summed E-state index contributed by atoms with van der Waals surface area (Å²) < 4.78 is 16.6. The Kier molecular flexibility index (Phi) is 4.87. The quantitative estimate of drug-likeness (QED) is 0.508. The fourth-order valence-electron chi connectivity index (χ4n) is 2.97. The molecule has 0 fully saturated rings. The van der Waals surface area contributed by atoms with E-state index in [9.17, 15) is 9.18 Å². The van der Waals surface area contributed by atoms with Crippen molar-refractivity contribution in [2.24, 2.45) is 0 Å². The number of para-hydroxylation sites is 1. The highest BCUT2D eigenvalue weighted by Gasteiger charge is 2.25. The zero-order chi connectivity index (χ0) is 19.7. The molecule has 0 unspecified atom stereocenters. The van der Waals surface area contributed by atoms with E-state index in [0.717, 1.165) is 5.69 Å². The summed E-state index contributed by atoms with van der Waals surface area (Å²) in [5, 5.41) is 4.81.